The Morgan fingerprint density at radius 1 is 0.837 bits per heavy atom. The molecule has 224 valence electrons. The molecular formula is C34H38N4O4S. The van der Waals surface area contributed by atoms with Crippen LogP contribution in [0.5, 0.6) is 0 Å². The van der Waals surface area contributed by atoms with Gasteiger partial charge in [0.15, 0.2) is 0 Å². The normalized spacial score (nSPS) is 22.2. The largest absolute Gasteiger partial charge is 0.481 e. The Balaban J connectivity index is 1.90. The predicted molar refractivity (Wildman–Crippen MR) is 175 cm³/mol. The first-order valence-electron chi connectivity index (χ1n) is 14.3. The molecule has 2 atom stereocenters. The summed E-state index contributed by atoms with van der Waals surface area (Å²) >= 11 is 5.10. The van der Waals surface area contributed by atoms with Crippen molar-refractivity contribution in [3.8, 4) is 0 Å². The first-order chi connectivity index (χ1) is 20.3. The van der Waals surface area contributed by atoms with Gasteiger partial charge in [0.1, 0.15) is 0 Å². The molecule has 0 fully saturated rings. The summed E-state index contributed by atoms with van der Waals surface area (Å²) in [7, 11) is 0. The van der Waals surface area contributed by atoms with Gasteiger partial charge in [-0.2, -0.15) is 12.6 Å². The number of hydrogen-bond acceptors (Lipinski definition) is 4. The van der Waals surface area contributed by atoms with Gasteiger partial charge in [0.2, 0.25) is 0 Å². The summed E-state index contributed by atoms with van der Waals surface area (Å²) in [5.74, 6) is -1.74. The van der Waals surface area contributed by atoms with Crippen LogP contribution in [0.3, 0.4) is 0 Å². The van der Waals surface area contributed by atoms with Crippen LogP contribution in [0.1, 0.15) is 64.5 Å². The lowest BCUT2D eigenvalue weighted by atomic mass is 9.94. The van der Waals surface area contributed by atoms with Crippen LogP contribution in [-0.2, 0) is 22.4 Å². The summed E-state index contributed by atoms with van der Waals surface area (Å²) in [4.78, 5) is 33.8. The van der Waals surface area contributed by atoms with Crippen LogP contribution in [0.2, 0.25) is 0 Å². The number of aromatic amines is 3. The number of carboxylic acid groups (broad SMARTS) is 2. The zero-order valence-electron chi connectivity index (χ0n) is 24.9. The van der Waals surface area contributed by atoms with Crippen LogP contribution >= 0.6 is 12.6 Å². The maximum absolute atomic E-state index is 11.6. The highest BCUT2D eigenvalue weighted by molar-refractivity contribution is 7.82. The molecule has 1 unspecified atom stereocenters. The number of aliphatic carboxylic acids is 2. The van der Waals surface area contributed by atoms with Gasteiger partial charge in [0, 0.05) is 56.9 Å². The number of allylic oxidation sites excluding steroid dienone is 2. The van der Waals surface area contributed by atoms with Crippen molar-refractivity contribution in [2.45, 2.75) is 64.2 Å². The fourth-order valence-electron chi connectivity index (χ4n) is 6.26. The maximum Gasteiger partial charge on any atom is 0.303 e. The predicted octanol–water partition coefficient (Wildman–Crippen LogP) is 2.61. The van der Waals surface area contributed by atoms with E-state index in [-0.39, 0.29) is 18.9 Å². The Bertz CT molecular complexity index is 1970. The quantitative estimate of drug-likeness (QED) is 0.200. The number of H-pyrrole nitrogens is 3. The second kappa shape index (κ2) is 11.4. The van der Waals surface area contributed by atoms with Gasteiger partial charge in [-0.15, -0.1) is 0 Å². The van der Waals surface area contributed by atoms with Crippen LogP contribution in [-0.4, -0.2) is 47.9 Å². The lowest BCUT2D eigenvalue weighted by Gasteiger charge is -2.25. The minimum Gasteiger partial charge on any atom is -0.481 e. The van der Waals surface area contributed by atoms with Crippen molar-refractivity contribution < 1.29 is 19.8 Å². The van der Waals surface area contributed by atoms with E-state index >= 15 is 0 Å². The second-order valence-corrected chi connectivity index (χ2v) is 12.4. The monoisotopic (exact) mass is 598 g/mol. The summed E-state index contributed by atoms with van der Waals surface area (Å²) in [5, 5.41) is 26.1. The smallest absolute Gasteiger partial charge is 0.303 e. The minimum absolute atomic E-state index is 0.0110. The lowest BCUT2D eigenvalue weighted by molar-refractivity contribution is -0.138. The van der Waals surface area contributed by atoms with Gasteiger partial charge in [-0.3, -0.25) is 9.59 Å². The summed E-state index contributed by atoms with van der Waals surface area (Å²) in [6.07, 6.45) is 12.5. The van der Waals surface area contributed by atoms with Crippen LogP contribution in [0.15, 0.2) is 30.5 Å². The molecule has 3 aromatic rings. The number of hydrogen-bond donors (Lipinski definition) is 7. The first kappa shape index (κ1) is 30.1. The average Bonchev–Trinajstić information content (AvgIpc) is 3.57. The molecule has 0 aromatic carbocycles. The molecule has 0 saturated heterocycles. The van der Waals surface area contributed by atoms with Gasteiger partial charge in [-0.25, -0.2) is 0 Å². The van der Waals surface area contributed by atoms with Gasteiger partial charge >= 0.3 is 11.9 Å². The third-order valence-electron chi connectivity index (χ3n) is 8.81. The van der Waals surface area contributed by atoms with E-state index in [1.165, 1.54) is 0 Å². The van der Waals surface area contributed by atoms with Crippen LogP contribution in [0.25, 0.3) is 30.4 Å². The molecule has 8 nitrogen and oxygen atoms in total. The molecule has 2 aliphatic heterocycles. The van der Waals surface area contributed by atoms with E-state index in [0.717, 1.165) is 77.4 Å². The van der Waals surface area contributed by atoms with E-state index in [9.17, 15) is 19.8 Å². The number of aromatic nitrogens is 3. The van der Waals surface area contributed by atoms with Crippen molar-refractivity contribution in [3.05, 3.63) is 96.7 Å². The highest BCUT2D eigenvalue weighted by Crippen LogP contribution is 2.37. The van der Waals surface area contributed by atoms with Crippen molar-refractivity contribution >= 4 is 54.9 Å². The number of fused-ring (bicyclic) bond motifs is 8. The summed E-state index contributed by atoms with van der Waals surface area (Å²) in [6, 6.07) is -0.179. The van der Waals surface area contributed by atoms with E-state index in [1.807, 2.05) is 51.2 Å². The molecule has 0 aliphatic carbocycles. The minimum atomic E-state index is -0.872. The molecule has 0 radical (unpaired) electrons. The number of nitrogens with one attached hydrogen (secondary N) is 4. The fraction of sp³-hybridized carbons (Fsp3) is 0.294. The highest BCUT2D eigenvalue weighted by Gasteiger charge is 2.39. The molecule has 0 spiro atoms. The molecule has 3 aromatic heterocycles. The van der Waals surface area contributed by atoms with Gasteiger partial charge in [-0.1, -0.05) is 25.3 Å². The molecule has 5 rings (SSSR count). The molecule has 6 N–H and O–H groups in total. The summed E-state index contributed by atoms with van der Waals surface area (Å²) in [6.45, 7) is 16.3. The van der Waals surface area contributed by atoms with E-state index in [1.54, 1.807) is 0 Å². The maximum atomic E-state index is 11.6. The fourth-order valence-corrected chi connectivity index (χ4v) is 6.61. The Morgan fingerprint density at radius 3 is 2.07 bits per heavy atom. The average molecular weight is 599 g/mol. The molecular weight excluding hydrogens is 560 g/mol. The van der Waals surface area contributed by atoms with Crippen molar-refractivity contribution in [1.82, 2.24) is 20.3 Å². The molecule has 2 aliphatic rings. The molecule has 8 bridgehead atoms. The van der Waals surface area contributed by atoms with E-state index in [2.05, 4.69) is 46.4 Å². The molecule has 0 saturated carbocycles. The van der Waals surface area contributed by atoms with Gasteiger partial charge in [-0.05, 0) is 98.2 Å². The van der Waals surface area contributed by atoms with Crippen LogP contribution < -0.4 is 26.7 Å². The zero-order valence-corrected chi connectivity index (χ0v) is 25.8. The van der Waals surface area contributed by atoms with Crippen molar-refractivity contribution in [2.75, 3.05) is 0 Å². The third kappa shape index (κ3) is 5.45. The van der Waals surface area contributed by atoms with Gasteiger partial charge in [0.25, 0.3) is 0 Å². The molecule has 5 heterocycles. The Morgan fingerprint density at radius 2 is 1.44 bits per heavy atom. The molecule has 43 heavy (non-hydrogen) atoms. The Hall–Kier alpha value is -4.37. The second-order valence-electron chi connectivity index (χ2n) is 11.5. The Labute approximate surface area is 255 Å². The van der Waals surface area contributed by atoms with Crippen molar-refractivity contribution in [1.29, 1.82) is 0 Å². The topological polar surface area (TPSA) is 134 Å². The van der Waals surface area contributed by atoms with E-state index in [4.69, 9.17) is 12.6 Å². The summed E-state index contributed by atoms with van der Waals surface area (Å²) in [5.41, 5.74) is 9.22. The Kier molecular flexibility index (Phi) is 7.96. The van der Waals surface area contributed by atoms with Crippen molar-refractivity contribution in [3.63, 3.8) is 0 Å². The van der Waals surface area contributed by atoms with Crippen molar-refractivity contribution in [2.24, 2.45) is 0 Å². The first-order valence-corrected chi connectivity index (χ1v) is 14.8. The summed E-state index contributed by atoms with van der Waals surface area (Å²) < 4.78 is -0.575. The molecule has 9 heteroatoms. The zero-order chi connectivity index (χ0) is 31.2. The van der Waals surface area contributed by atoms with Gasteiger partial charge < -0.3 is 30.5 Å². The third-order valence-corrected chi connectivity index (χ3v) is 9.33. The molecule has 0 amide bonds. The standard InChI is InChI=1S/C34H38N4O4S/c1-7-20-17(3)24-13-25-18(4)21(9-11-32(39)40)27(35-25)15-28-22(10-12-33(41)42)19(5)26(36-28)14-30-23(8-2)34(6,43)31(38-30)16-29(20)37-24/h7-8,13-16,31,35-38,43H,1-2,9-12H2,3-6H3,(H,39,40)(H,41,42)/b24-13-,26-14-,28-15-,29-16-/t31?,34-/m1/s1. The number of thiol groups is 1. The van der Waals surface area contributed by atoms with Gasteiger partial charge in [0.05, 0.1) is 10.8 Å². The number of carbonyl (C=O) groups is 2. The SMILES string of the molecule is C=CC1=C2/C=c3\[nH]/c(c(CCC(=O)O)c3C)=C\c3[nH]c(c(C)c3CCC(=O)O)/C=c3\[nH]/c(c(C=C)c3C)=C\C(N2)[C@]1(C)S. The highest BCUT2D eigenvalue weighted by atomic mass is 32.1. The van der Waals surface area contributed by atoms with E-state index < -0.39 is 16.7 Å². The van der Waals surface area contributed by atoms with E-state index in [0.29, 0.717) is 12.8 Å². The number of carboxylic acids is 2. The van der Waals surface area contributed by atoms with Crippen LogP contribution in [0, 0.1) is 20.8 Å². The number of rotatable bonds is 8. The van der Waals surface area contributed by atoms with Crippen LogP contribution in [0.4, 0.5) is 0 Å². The lowest BCUT2D eigenvalue weighted by Crippen LogP contribution is -2.38.